The summed E-state index contributed by atoms with van der Waals surface area (Å²) in [5, 5.41) is 2.98. The van der Waals surface area contributed by atoms with Gasteiger partial charge in [-0.2, -0.15) is 0 Å². The van der Waals surface area contributed by atoms with E-state index in [-0.39, 0.29) is 11.7 Å². The summed E-state index contributed by atoms with van der Waals surface area (Å²) < 4.78 is 20.0. The molecule has 0 unspecified atom stereocenters. The monoisotopic (exact) mass is 502 g/mol. The van der Waals surface area contributed by atoms with E-state index < -0.39 is 9.73 Å². The predicted octanol–water partition coefficient (Wildman–Crippen LogP) is 5.84. The van der Waals surface area contributed by atoms with Gasteiger partial charge in [-0.05, 0) is 54.4 Å². The molecule has 4 rings (SSSR count). The van der Waals surface area contributed by atoms with E-state index in [4.69, 9.17) is 4.78 Å². The molecule has 2 aromatic rings. The van der Waals surface area contributed by atoms with E-state index in [9.17, 15) is 9.00 Å². The van der Waals surface area contributed by atoms with E-state index in [1.54, 1.807) is 30.4 Å². The third-order valence-electron chi connectivity index (χ3n) is 7.38. The van der Waals surface area contributed by atoms with Gasteiger partial charge in [-0.1, -0.05) is 40.5 Å². The first-order chi connectivity index (χ1) is 16.2. The topological polar surface area (TPSA) is 86.2 Å². The van der Waals surface area contributed by atoms with Crippen molar-refractivity contribution in [2.24, 2.45) is 17.8 Å². The Hall–Kier alpha value is -1.77. The normalized spacial score (nSPS) is 24.7. The average molecular weight is 503 g/mol. The summed E-state index contributed by atoms with van der Waals surface area (Å²) in [4.78, 5) is 22.4. The Kier molecular flexibility index (Phi) is 7.79. The van der Waals surface area contributed by atoms with Crippen molar-refractivity contribution in [3.05, 3.63) is 45.4 Å². The van der Waals surface area contributed by atoms with Crippen LogP contribution in [-0.2, 0) is 22.8 Å². The largest absolute Gasteiger partial charge is 0.346 e. The molecule has 0 saturated heterocycles. The van der Waals surface area contributed by atoms with Crippen molar-refractivity contribution in [2.45, 2.75) is 77.4 Å². The molecule has 0 bridgehead atoms. The van der Waals surface area contributed by atoms with Crippen LogP contribution in [-0.4, -0.2) is 32.3 Å². The van der Waals surface area contributed by atoms with E-state index in [1.165, 1.54) is 48.9 Å². The van der Waals surface area contributed by atoms with Crippen LogP contribution in [0, 0.1) is 22.5 Å². The fraction of sp³-hybridized carbons (Fsp3) is 0.615. The highest BCUT2D eigenvalue weighted by Gasteiger charge is 2.36. The third kappa shape index (κ3) is 5.55. The van der Waals surface area contributed by atoms with Gasteiger partial charge < -0.3 is 5.32 Å². The maximum Gasteiger partial charge on any atom is 0.261 e. The van der Waals surface area contributed by atoms with Crippen LogP contribution in [0.1, 0.15) is 85.2 Å². The molecule has 1 fully saturated rings. The van der Waals surface area contributed by atoms with Crippen LogP contribution in [0.15, 0.2) is 29.3 Å². The quantitative estimate of drug-likeness (QED) is 0.475. The molecule has 1 amide bonds. The molecule has 2 aromatic heterocycles. The number of hydrogen-bond donors (Lipinski definition) is 2. The molecule has 0 aromatic carbocycles. The van der Waals surface area contributed by atoms with Gasteiger partial charge in [-0.3, -0.25) is 14.7 Å². The second kappa shape index (κ2) is 10.5. The fourth-order valence-electron chi connectivity index (χ4n) is 5.29. The number of amides is 1. The highest BCUT2D eigenvalue weighted by Crippen LogP contribution is 2.44. The first kappa shape index (κ1) is 25.3. The van der Waals surface area contributed by atoms with E-state index in [2.05, 4.69) is 42.0 Å². The van der Waals surface area contributed by atoms with Crippen molar-refractivity contribution >= 4 is 27.0 Å². The number of rotatable bonds is 8. The molecule has 8 heteroatoms. The third-order valence-corrected chi connectivity index (χ3v) is 10.4. The molecular formula is C26H38N4O2S2. The average Bonchev–Trinajstić information content (AvgIpc) is 3.36. The Morgan fingerprint density at radius 1 is 1.29 bits per heavy atom. The lowest BCUT2D eigenvalue weighted by atomic mass is 9.82. The Morgan fingerprint density at radius 3 is 2.65 bits per heavy atom. The van der Waals surface area contributed by atoms with Gasteiger partial charge in [0.1, 0.15) is 0 Å². The van der Waals surface area contributed by atoms with Crippen LogP contribution >= 0.6 is 11.3 Å². The molecule has 2 atom stereocenters. The maximum absolute atomic E-state index is 12.9. The van der Waals surface area contributed by atoms with E-state index in [1.807, 2.05) is 0 Å². The first-order valence-corrected chi connectivity index (χ1v) is 15.1. The minimum absolute atomic E-state index is 0.0709. The summed E-state index contributed by atoms with van der Waals surface area (Å²) in [7, 11) is -2.77. The molecule has 6 nitrogen and oxygen atoms in total. The van der Waals surface area contributed by atoms with Crippen molar-refractivity contribution in [2.75, 3.05) is 12.3 Å². The molecule has 0 radical (unpaired) electrons. The number of fused-ring (bicyclic) bond motifs is 1. The molecular weight excluding hydrogens is 464 g/mol. The van der Waals surface area contributed by atoms with Gasteiger partial charge >= 0.3 is 0 Å². The SMILES string of the molecule is CC[S@@](=N)(=O)c1ccc(CNC(=O)c2cc3c(s2)[C@H](C(C)C)N(CC2CCC(C)CC2)C3)nc1. The zero-order valence-corrected chi connectivity index (χ0v) is 22.4. The lowest BCUT2D eigenvalue weighted by molar-refractivity contribution is 0.0954. The standard InChI is InChI=1S/C26H38N4O2S2/c1-5-34(27,32)22-11-10-21(28-14-22)13-29-26(31)23-12-20-16-30(24(17(2)3)25(20)33-23)15-19-8-6-18(4)7-9-19/h10-12,14,17-19,24,27H,5-9,13,15-16H2,1-4H3,(H,29,31)/t18?,19?,24-,34+/m0/s1. The number of pyridine rings is 1. The molecule has 3 heterocycles. The molecule has 34 heavy (non-hydrogen) atoms. The Balaban J connectivity index is 1.38. The Labute approximate surface area is 208 Å². The Morgan fingerprint density at radius 2 is 2.03 bits per heavy atom. The van der Waals surface area contributed by atoms with Crippen molar-refractivity contribution in [1.82, 2.24) is 15.2 Å². The molecule has 1 aliphatic carbocycles. The van der Waals surface area contributed by atoms with Crippen LogP contribution < -0.4 is 5.32 Å². The van der Waals surface area contributed by atoms with Gasteiger partial charge in [-0.15, -0.1) is 11.3 Å². The number of hydrogen-bond acceptors (Lipinski definition) is 6. The number of carbonyl (C=O) groups excluding carboxylic acids is 1. The molecule has 186 valence electrons. The summed E-state index contributed by atoms with van der Waals surface area (Å²) in [6, 6.07) is 5.91. The summed E-state index contributed by atoms with van der Waals surface area (Å²) >= 11 is 1.64. The van der Waals surface area contributed by atoms with Crippen molar-refractivity contribution < 1.29 is 9.00 Å². The Bertz CT molecular complexity index is 1100. The molecule has 2 aliphatic rings. The van der Waals surface area contributed by atoms with E-state index >= 15 is 0 Å². The molecule has 0 spiro atoms. The summed E-state index contributed by atoms with van der Waals surface area (Å²) in [5.41, 5.74) is 2.01. The van der Waals surface area contributed by atoms with Crippen LogP contribution in [0.5, 0.6) is 0 Å². The second-order valence-electron chi connectivity index (χ2n) is 10.4. The molecule has 1 aliphatic heterocycles. The first-order valence-electron chi connectivity index (χ1n) is 12.5. The van der Waals surface area contributed by atoms with E-state index in [0.717, 1.165) is 23.3 Å². The predicted molar refractivity (Wildman–Crippen MR) is 139 cm³/mol. The van der Waals surface area contributed by atoms with Gasteiger partial charge in [-0.25, -0.2) is 8.99 Å². The summed E-state index contributed by atoms with van der Waals surface area (Å²) in [6.07, 6.45) is 6.89. The van der Waals surface area contributed by atoms with Crippen molar-refractivity contribution in [3.63, 3.8) is 0 Å². The lowest BCUT2D eigenvalue weighted by Crippen LogP contribution is -2.32. The fourth-order valence-corrected chi connectivity index (χ4v) is 7.54. The number of aromatic nitrogens is 1. The highest BCUT2D eigenvalue weighted by atomic mass is 32.2. The van der Waals surface area contributed by atoms with Crippen molar-refractivity contribution in [3.8, 4) is 0 Å². The van der Waals surface area contributed by atoms with Crippen LogP contribution in [0.4, 0.5) is 0 Å². The maximum atomic E-state index is 12.9. The van der Waals surface area contributed by atoms with Crippen LogP contribution in [0.2, 0.25) is 0 Å². The summed E-state index contributed by atoms with van der Waals surface area (Å²) in [5.74, 6) is 2.38. The van der Waals surface area contributed by atoms with E-state index in [0.29, 0.717) is 29.1 Å². The highest BCUT2D eigenvalue weighted by molar-refractivity contribution is 7.92. The van der Waals surface area contributed by atoms with Gasteiger partial charge in [0.05, 0.1) is 31.7 Å². The van der Waals surface area contributed by atoms with Gasteiger partial charge in [0, 0.05) is 36.0 Å². The molecule has 1 saturated carbocycles. The van der Waals surface area contributed by atoms with Gasteiger partial charge in [0.2, 0.25) is 0 Å². The zero-order valence-electron chi connectivity index (χ0n) is 20.8. The van der Waals surface area contributed by atoms with Gasteiger partial charge in [0.25, 0.3) is 5.91 Å². The minimum atomic E-state index is -2.77. The summed E-state index contributed by atoms with van der Waals surface area (Å²) in [6.45, 7) is 11.1. The van der Waals surface area contributed by atoms with Gasteiger partial charge in [0.15, 0.2) is 0 Å². The lowest BCUT2D eigenvalue weighted by Gasteiger charge is -2.34. The van der Waals surface area contributed by atoms with Crippen LogP contribution in [0.3, 0.4) is 0 Å². The number of nitrogens with zero attached hydrogens (tertiary/aromatic N) is 2. The molecule has 2 N–H and O–H groups in total. The number of thiophene rings is 1. The van der Waals surface area contributed by atoms with Crippen LogP contribution in [0.25, 0.3) is 0 Å². The van der Waals surface area contributed by atoms with Crippen molar-refractivity contribution in [1.29, 1.82) is 4.78 Å². The minimum Gasteiger partial charge on any atom is -0.346 e. The second-order valence-corrected chi connectivity index (χ2v) is 13.9. The number of carbonyl (C=O) groups is 1. The number of nitrogens with one attached hydrogen (secondary N) is 2. The zero-order chi connectivity index (χ0) is 24.5. The smallest absolute Gasteiger partial charge is 0.261 e.